The van der Waals surface area contributed by atoms with Gasteiger partial charge >= 0.3 is 5.97 Å². The van der Waals surface area contributed by atoms with Gasteiger partial charge in [0.2, 0.25) is 0 Å². The highest BCUT2D eigenvalue weighted by molar-refractivity contribution is 7.16. The minimum atomic E-state index is -0.386. The van der Waals surface area contributed by atoms with Gasteiger partial charge in [-0.3, -0.25) is 9.59 Å². The molecule has 1 aromatic heterocycles. The fourth-order valence-electron chi connectivity index (χ4n) is 2.83. The van der Waals surface area contributed by atoms with Crippen molar-refractivity contribution in [3.05, 3.63) is 58.4 Å². The summed E-state index contributed by atoms with van der Waals surface area (Å²) >= 11 is 1.40. The van der Waals surface area contributed by atoms with Crippen LogP contribution in [0.3, 0.4) is 0 Å². The van der Waals surface area contributed by atoms with E-state index in [0.29, 0.717) is 4.80 Å². The Morgan fingerprint density at radius 3 is 2.43 bits per heavy atom. The number of amides is 1. The van der Waals surface area contributed by atoms with Gasteiger partial charge in [-0.05, 0) is 41.8 Å². The third-order valence-electron chi connectivity index (χ3n) is 4.41. The van der Waals surface area contributed by atoms with Gasteiger partial charge in [-0.1, -0.05) is 36.5 Å². The Morgan fingerprint density at radius 1 is 1.07 bits per heavy atom. The molecule has 0 N–H and O–H groups in total. The summed E-state index contributed by atoms with van der Waals surface area (Å²) in [5, 5.41) is 0. The lowest BCUT2D eigenvalue weighted by Gasteiger charge is -2.04. The van der Waals surface area contributed by atoms with Crippen molar-refractivity contribution >= 4 is 33.4 Å². The average Bonchev–Trinajstić information content (AvgIpc) is 3.04. The monoisotopic (exact) mass is 398 g/mol. The van der Waals surface area contributed by atoms with E-state index >= 15 is 0 Å². The van der Waals surface area contributed by atoms with E-state index in [4.69, 9.17) is 9.47 Å². The van der Waals surface area contributed by atoms with Crippen LogP contribution in [0.4, 0.5) is 0 Å². The molecular weight excluding hydrogens is 376 g/mol. The zero-order valence-electron chi connectivity index (χ0n) is 16.1. The molecule has 3 rings (SSSR count). The van der Waals surface area contributed by atoms with Crippen molar-refractivity contribution in [1.29, 1.82) is 0 Å². The first-order valence-electron chi connectivity index (χ1n) is 8.93. The molecule has 0 atom stereocenters. The maximum atomic E-state index is 12.5. The number of benzene rings is 2. The number of methoxy groups -OCH3 is 2. The molecule has 0 aliphatic rings. The molecule has 0 radical (unpaired) electrons. The minimum Gasteiger partial charge on any atom is -0.497 e. The third-order valence-corrected chi connectivity index (χ3v) is 5.45. The molecular formula is C21H22N2O4S. The van der Waals surface area contributed by atoms with E-state index in [1.807, 2.05) is 36.4 Å². The average molecular weight is 398 g/mol. The molecule has 0 aliphatic carbocycles. The molecule has 1 amide bonds. The molecule has 0 spiro atoms. The summed E-state index contributed by atoms with van der Waals surface area (Å²) < 4.78 is 12.7. The van der Waals surface area contributed by atoms with Crippen LogP contribution in [0.2, 0.25) is 0 Å². The van der Waals surface area contributed by atoms with Crippen molar-refractivity contribution in [1.82, 2.24) is 4.57 Å². The van der Waals surface area contributed by atoms with E-state index in [0.717, 1.165) is 28.0 Å². The van der Waals surface area contributed by atoms with Crippen molar-refractivity contribution < 1.29 is 19.1 Å². The quantitative estimate of drug-likeness (QED) is 0.598. The standard InChI is InChI=1S/C21H22N2O4S/c1-4-14-7-10-17-18(11-14)28-21(23(17)13-20(25)27-3)22-19(24)12-15-5-8-16(26-2)9-6-15/h5-11H,4,12-13H2,1-3H3. The van der Waals surface area contributed by atoms with Crippen molar-refractivity contribution in [3.63, 3.8) is 0 Å². The number of nitrogens with zero attached hydrogens (tertiary/aromatic N) is 2. The zero-order valence-corrected chi connectivity index (χ0v) is 16.9. The minimum absolute atomic E-state index is 0.0105. The highest BCUT2D eigenvalue weighted by atomic mass is 32.1. The SMILES string of the molecule is CCc1ccc2c(c1)sc(=NC(=O)Cc1ccc(OC)cc1)n2CC(=O)OC. The summed E-state index contributed by atoms with van der Waals surface area (Å²) in [4.78, 5) is 29.2. The van der Waals surface area contributed by atoms with E-state index < -0.39 is 0 Å². The Bertz CT molecular complexity index is 1060. The van der Waals surface area contributed by atoms with Crippen LogP contribution in [0, 0.1) is 0 Å². The van der Waals surface area contributed by atoms with Gasteiger partial charge in [-0.25, -0.2) is 0 Å². The number of hydrogen-bond acceptors (Lipinski definition) is 5. The van der Waals surface area contributed by atoms with E-state index in [-0.39, 0.29) is 24.8 Å². The molecule has 7 heteroatoms. The van der Waals surface area contributed by atoms with Crippen LogP contribution in [-0.4, -0.2) is 30.7 Å². The van der Waals surface area contributed by atoms with Gasteiger partial charge in [0.15, 0.2) is 4.80 Å². The Kier molecular flexibility index (Phi) is 6.26. The lowest BCUT2D eigenvalue weighted by Crippen LogP contribution is -2.22. The van der Waals surface area contributed by atoms with Crippen LogP contribution < -0.4 is 9.54 Å². The number of aromatic nitrogens is 1. The van der Waals surface area contributed by atoms with Crippen LogP contribution in [0.5, 0.6) is 5.75 Å². The predicted octanol–water partition coefficient (Wildman–Crippen LogP) is 3.12. The first-order valence-corrected chi connectivity index (χ1v) is 9.75. The van der Waals surface area contributed by atoms with Crippen molar-refractivity contribution in [2.75, 3.05) is 14.2 Å². The van der Waals surface area contributed by atoms with Gasteiger partial charge in [0, 0.05) is 0 Å². The highest BCUT2D eigenvalue weighted by Gasteiger charge is 2.12. The number of fused-ring (bicyclic) bond motifs is 1. The van der Waals surface area contributed by atoms with Crippen molar-refractivity contribution in [2.45, 2.75) is 26.3 Å². The second-order valence-electron chi connectivity index (χ2n) is 6.23. The van der Waals surface area contributed by atoms with Gasteiger partial charge < -0.3 is 14.0 Å². The maximum absolute atomic E-state index is 12.5. The number of ether oxygens (including phenoxy) is 2. The van der Waals surface area contributed by atoms with Crippen LogP contribution in [0.1, 0.15) is 18.1 Å². The molecule has 0 bridgehead atoms. The number of esters is 1. The Morgan fingerprint density at radius 2 is 1.79 bits per heavy atom. The van der Waals surface area contributed by atoms with Gasteiger partial charge in [0.05, 0.1) is 30.9 Å². The number of aryl methyl sites for hydroxylation is 1. The molecule has 0 unspecified atom stereocenters. The molecule has 146 valence electrons. The molecule has 0 saturated heterocycles. The largest absolute Gasteiger partial charge is 0.497 e. The lowest BCUT2D eigenvalue weighted by molar-refractivity contribution is -0.141. The van der Waals surface area contributed by atoms with Crippen LogP contribution >= 0.6 is 11.3 Å². The fraction of sp³-hybridized carbons (Fsp3) is 0.286. The molecule has 0 fully saturated rings. The third kappa shape index (κ3) is 4.48. The first kappa shape index (κ1) is 19.8. The second kappa shape index (κ2) is 8.84. The van der Waals surface area contributed by atoms with Gasteiger partial charge in [0.1, 0.15) is 12.3 Å². The molecule has 28 heavy (non-hydrogen) atoms. The topological polar surface area (TPSA) is 69.9 Å². The van der Waals surface area contributed by atoms with Gasteiger partial charge in [-0.2, -0.15) is 4.99 Å². The molecule has 6 nitrogen and oxygen atoms in total. The number of carbonyl (C=O) groups excluding carboxylic acids is 2. The highest BCUT2D eigenvalue weighted by Crippen LogP contribution is 2.20. The smallest absolute Gasteiger partial charge is 0.325 e. The van der Waals surface area contributed by atoms with Gasteiger partial charge in [0.25, 0.3) is 5.91 Å². The van der Waals surface area contributed by atoms with Crippen molar-refractivity contribution in [2.24, 2.45) is 4.99 Å². The normalized spacial score (nSPS) is 11.6. The Labute approximate surface area is 167 Å². The van der Waals surface area contributed by atoms with Crippen molar-refractivity contribution in [3.8, 4) is 5.75 Å². The number of hydrogen-bond donors (Lipinski definition) is 0. The number of rotatable bonds is 6. The zero-order chi connectivity index (χ0) is 20.1. The number of thiazole rings is 1. The van der Waals surface area contributed by atoms with Crippen LogP contribution in [-0.2, 0) is 33.7 Å². The summed E-state index contributed by atoms with van der Waals surface area (Å²) in [7, 11) is 2.94. The molecule has 0 aliphatic heterocycles. The summed E-state index contributed by atoms with van der Waals surface area (Å²) in [6.45, 7) is 2.09. The second-order valence-corrected chi connectivity index (χ2v) is 7.24. The van der Waals surface area contributed by atoms with E-state index in [1.54, 1.807) is 11.7 Å². The van der Waals surface area contributed by atoms with E-state index in [9.17, 15) is 9.59 Å². The Hall–Kier alpha value is -2.93. The van der Waals surface area contributed by atoms with Gasteiger partial charge in [-0.15, -0.1) is 0 Å². The summed E-state index contributed by atoms with van der Waals surface area (Å²) in [5.41, 5.74) is 2.90. The molecule has 0 saturated carbocycles. The van der Waals surface area contributed by atoms with Crippen LogP contribution in [0.25, 0.3) is 10.2 Å². The van der Waals surface area contributed by atoms with E-state index in [1.165, 1.54) is 24.0 Å². The Balaban J connectivity index is 1.97. The molecule has 3 aromatic rings. The summed E-state index contributed by atoms with van der Waals surface area (Å²) in [6.07, 6.45) is 1.09. The van der Waals surface area contributed by atoms with Crippen LogP contribution in [0.15, 0.2) is 47.5 Å². The van der Waals surface area contributed by atoms with E-state index in [2.05, 4.69) is 18.0 Å². The fourth-order valence-corrected chi connectivity index (χ4v) is 3.94. The lowest BCUT2D eigenvalue weighted by atomic mass is 10.1. The molecule has 1 heterocycles. The number of carbonyl (C=O) groups is 2. The summed E-state index contributed by atoms with van der Waals surface area (Å²) in [6, 6.07) is 13.4. The first-order chi connectivity index (χ1) is 13.5. The maximum Gasteiger partial charge on any atom is 0.325 e. The molecule has 2 aromatic carbocycles. The predicted molar refractivity (Wildman–Crippen MR) is 108 cm³/mol. The summed E-state index contributed by atoms with van der Waals surface area (Å²) in [5.74, 6) is 0.0784.